The van der Waals surface area contributed by atoms with Crippen LogP contribution < -0.4 is 11.1 Å². The van der Waals surface area contributed by atoms with Gasteiger partial charge in [0, 0.05) is 13.0 Å². The molecule has 2 aliphatic rings. The standard InChI is InChI=1S/C18H31N3O3/c1-24-17(23)16-14(10-7-5-3-2-4-6-8-13-22)20-18(19)21-12-9-11-15(16)21/h14,22H,2-13H2,1H3,(H2,19,20)/p+1/t14-/m1/s1. The maximum absolute atomic E-state index is 12.2. The number of aliphatic hydroxyl groups is 1. The number of esters is 1. The van der Waals surface area contributed by atoms with Gasteiger partial charge in [-0.2, -0.15) is 0 Å². The zero-order chi connectivity index (χ0) is 17.4. The number of methoxy groups -OCH3 is 1. The van der Waals surface area contributed by atoms with Gasteiger partial charge >= 0.3 is 11.9 Å². The van der Waals surface area contributed by atoms with Crippen LogP contribution in [0.4, 0.5) is 0 Å². The number of nitrogens with two attached hydrogens (primary N) is 1. The molecule has 0 radical (unpaired) electrons. The monoisotopic (exact) mass is 338 g/mol. The zero-order valence-corrected chi connectivity index (χ0v) is 14.9. The van der Waals surface area contributed by atoms with Crippen molar-refractivity contribution < 1.29 is 19.2 Å². The molecule has 0 amide bonds. The molecule has 1 fully saturated rings. The quantitative estimate of drug-likeness (QED) is 0.320. The fourth-order valence-electron chi connectivity index (χ4n) is 3.68. The second-order valence-corrected chi connectivity index (χ2v) is 6.68. The van der Waals surface area contributed by atoms with E-state index in [9.17, 15) is 4.79 Å². The first-order valence-electron chi connectivity index (χ1n) is 9.27. The van der Waals surface area contributed by atoms with Gasteiger partial charge < -0.3 is 9.84 Å². The summed E-state index contributed by atoms with van der Waals surface area (Å²) in [6, 6.07) is -0.0313. The summed E-state index contributed by atoms with van der Waals surface area (Å²) in [5, 5.41) is 12.1. The summed E-state index contributed by atoms with van der Waals surface area (Å²) in [5.41, 5.74) is 7.96. The van der Waals surface area contributed by atoms with E-state index >= 15 is 0 Å². The van der Waals surface area contributed by atoms with Gasteiger partial charge in [-0.25, -0.2) is 9.37 Å². The molecule has 0 spiro atoms. The highest BCUT2D eigenvalue weighted by Crippen LogP contribution is 2.28. The first-order valence-corrected chi connectivity index (χ1v) is 9.27. The fourth-order valence-corrected chi connectivity index (χ4v) is 3.68. The summed E-state index contributed by atoms with van der Waals surface area (Å²) < 4.78 is 7.03. The third-order valence-corrected chi connectivity index (χ3v) is 4.95. The molecule has 0 aliphatic carbocycles. The lowest BCUT2D eigenvalue weighted by molar-refractivity contribution is -0.466. The average molecular weight is 338 g/mol. The van der Waals surface area contributed by atoms with Crippen molar-refractivity contribution in [1.29, 1.82) is 0 Å². The summed E-state index contributed by atoms with van der Waals surface area (Å²) in [5.74, 6) is 0.440. The maximum atomic E-state index is 12.2. The number of aliphatic hydroxyl groups excluding tert-OH is 1. The van der Waals surface area contributed by atoms with Crippen LogP contribution in [0, 0.1) is 0 Å². The number of carbonyl (C=O) groups excluding carboxylic acids is 1. The normalized spacial score (nSPS) is 20.2. The van der Waals surface area contributed by atoms with Crippen LogP contribution in [0.15, 0.2) is 11.3 Å². The molecule has 2 heterocycles. The van der Waals surface area contributed by atoms with Gasteiger partial charge in [0.15, 0.2) is 0 Å². The van der Waals surface area contributed by atoms with E-state index in [0.717, 1.165) is 62.8 Å². The Bertz CT molecular complexity index is 500. The van der Waals surface area contributed by atoms with Crippen LogP contribution >= 0.6 is 0 Å². The maximum Gasteiger partial charge on any atom is 0.348 e. The van der Waals surface area contributed by atoms with E-state index in [-0.39, 0.29) is 12.0 Å². The van der Waals surface area contributed by atoms with Crippen LogP contribution in [-0.2, 0) is 9.53 Å². The second-order valence-electron chi connectivity index (χ2n) is 6.68. The molecule has 24 heavy (non-hydrogen) atoms. The highest BCUT2D eigenvalue weighted by molar-refractivity contribution is 5.92. The van der Waals surface area contributed by atoms with E-state index in [2.05, 4.69) is 5.32 Å². The van der Waals surface area contributed by atoms with Gasteiger partial charge in [0.1, 0.15) is 11.6 Å². The van der Waals surface area contributed by atoms with Crippen molar-refractivity contribution in [3.8, 4) is 0 Å². The van der Waals surface area contributed by atoms with Crippen LogP contribution in [0.25, 0.3) is 0 Å². The van der Waals surface area contributed by atoms with Gasteiger partial charge in [0.25, 0.3) is 0 Å². The number of nitrogens with one attached hydrogen (secondary N) is 1. The Balaban J connectivity index is 1.84. The predicted octanol–water partition coefficient (Wildman–Crippen LogP) is 1.62. The van der Waals surface area contributed by atoms with Crippen LogP contribution in [-0.4, -0.2) is 47.9 Å². The van der Waals surface area contributed by atoms with Crippen molar-refractivity contribution in [2.75, 3.05) is 20.3 Å². The van der Waals surface area contributed by atoms with Gasteiger partial charge in [-0.05, 0) is 25.7 Å². The fraction of sp³-hybridized carbons (Fsp3) is 0.778. The van der Waals surface area contributed by atoms with E-state index in [0.29, 0.717) is 12.6 Å². The Morgan fingerprint density at radius 1 is 1.25 bits per heavy atom. The molecule has 0 bridgehead atoms. The minimum absolute atomic E-state index is 0.0313. The molecule has 1 saturated heterocycles. The summed E-state index contributed by atoms with van der Waals surface area (Å²) >= 11 is 0. The number of rotatable bonds is 10. The molecule has 1 atom stereocenters. The lowest BCUT2D eigenvalue weighted by atomic mass is 9.96. The zero-order valence-electron chi connectivity index (χ0n) is 14.9. The second kappa shape index (κ2) is 9.67. The predicted molar refractivity (Wildman–Crippen MR) is 93.5 cm³/mol. The summed E-state index contributed by atoms with van der Waals surface area (Å²) in [4.78, 5) is 12.2. The molecule has 0 aromatic heterocycles. The van der Waals surface area contributed by atoms with E-state index in [4.69, 9.17) is 15.6 Å². The van der Waals surface area contributed by atoms with Crippen molar-refractivity contribution in [3.05, 3.63) is 11.3 Å². The smallest absolute Gasteiger partial charge is 0.348 e. The SMILES string of the molecule is COC(=O)C1=C2CCC[N+]2=C(N)N[C@@H]1CCCCCCCCCO. The van der Waals surface area contributed by atoms with Crippen molar-refractivity contribution in [2.45, 2.75) is 70.3 Å². The van der Waals surface area contributed by atoms with Gasteiger partial charge in [-0.3, -0.25) is 11.1 Å². The Morgan fingerprint density at radius 3 is 2.58 bits per heavy atom. The molecular formula is C18H32N3O3+. The number of carbonyl (C=O) groups is 1. The molecule has 2 aliphatic heterocycles. The number of unbranched alkanes of at least 4 members (excludes halogenated alkanes) is 6. The van der Waals surface area contributed by atoms with Crippen molar-refractivity contribution in [1.82, 2.24) is 5.32 Å². The van der Waals surface area contributed by atoms with Gasteiger partial charge in [-0.15, -0.1) is 0 Å². The lowest BCUT2D eigenvalue weighted by Gasteiger charge is -2.24. The molecule has 0 unspecified atom stereocenters. The van der Waals surface area contributed by atoms with E-state index in [1.54, 1.807) is 0 Å². The van der Waals surface area contributed by atoms with Gasteiger partial charge in [0.2, 0.25) is 0 Å². The highest BCUT2D eigenvalue weighted by Gasteiger charge is 2.38. The topological polar surface area (TPSA) is 87.6 Å². The largest absolute Gasteiger partial charge is 0.465 e. The molecule has 0 saturated carbocycles. The van der Waals surface area contributed by atoms with Crippen LogP contribution in [0.2, 0.25) is 0 Å². The number of hydrogen-bond donors (Lipinski definition) is 3. The molecule has 0 aromatic rings. The summed E-state index contributed by atoms with van der Waals surface area (Å²) in [7, 11) is 1.44. The minimum atomic E-state index is -0.231. The number of guanidine groups is 1. The number of fused-ring (bicyclic) bond motifs is 1. The summed E-state index contributed by atoms with van der Waals surface area (Å²) in [6.45, 7) is 1.17. The molecule has 6 nitrogen and oxygen atoms in total. The third-order valence-electron chi connectivity index (χ3n) is 4.95. The lowest BCUT2D eigenvalue weighted by Crippen LogP contribution is -2.51. The molecule has 2 rings (SSSR count). The third kappa shape index (κ3) is 4.72. The van der Waals surface area contributed by atoms with Gasteiger partial charge in [-0.1, -0.05) is 32.1 Å². The highest BCUT2D eigenvalue weighted by atomic mass is 16.5. The van der Waals surface area contributed by atoms with E-state index in [1.807, 2.05) is 4.58 Å². The Labute approximate surface area is 144 Å². The molecule has 136 valence electrons. The number of ether oxygens (including phenoxy) is 1. The number of hydrogen-bond acceptors (Lipinski definition) is 5. The molecule has 0 aromatic carbocycles. The first-order chi connectivity index (χ1) is 11.7. The van der Waals surface area contributed by atoms with Crippen LogP contribution in [0.5, 0.6) is 0 Å². The van der Waals surface area contributed by atoms with E-state index in [1.165, 1.54) is 26.4 Å². The number of allylic oxidation sites excluding steroid dienone is 1. The molecule has 6 heteroatoms. The van der Waals surface area contributed by atoms with Crippen LogP contribution in [0.3, 0.4) is 0 Å². The van der Waals surface area contributed by atoms with Crippen molar-refractivity contribution >= 4 is 11.9 Å². The Morgan fingerprint density at radius 2 is 1.92 bits per heavy atom. The van der Waals surface area contributed by atoms with Crippen LogP contribution in [0.1, 0.15) is 64.2 Å². The van der Waals surface area contributed by atoms with Gasteiger partial charge in [0.05, 0.1) is 19.4 Å². The Kier molecular flexibility index (Phi) is 7.56. The number of nitrogens with zero attached hydrogens (tertiary/aromatic N) is 1. The minimum Gasteiger partial charge on any atom is -0.465 e. The van der Waals surface area contributed by atoms with E-state index < -0.39 is 0 Å². The summed E-state index contributed by atoms with van der Waals surface area (Å²) in [6.07, 6.45) is 10.7. The first kappa shape index (κ1) is 18.8. The van der Waals surface area contributed by atoms with Crippen molar-refractivity contribution in [3.63, 3.8) is 0 Å². The van der Waals surface area contributed by atoms with Crippen molar-refractivity contribution in [2.24, 2.45) is 5.73 Å². The average Bonchev–Trinajstić information content (AvgIpc) is 3.07. The Hall–Kier alpha value is -1.56. The molecule has 4 N–H and O–H groups in total. The molecular weight excluding hydrogens is 306 g/mol.